The van der Waals surface area contributed by atoms with E-state index in [4.69, 9.17) is 5.53 Å². The normalized spacial score (nSPS) is 44.2. The Morgan fingerprint density at radius 3 is 2.73 bits per heavy atom. The van der Waals surface area contributed by atoms with E-state index in [1.807, 2.05) is 6.92 Å². The predicted octanol–water partition coefficient (Wildman–Crippen LogP) is 6.43. The molecule has 0 amide bonds. The van der Waals surface area contributed by atoms with E-state index in [-0.39, 0.29) is 22.8 Å². The first-order valence-corrected chi connectivity index (χ1v) is 12.1. The average Bonchev–Trinajstić information content (AvgIpc) is 3.03. The van der Waals surface area contributed by atoms with Crippen LogP contribution in [-0.2, 0) is 9.59 Å². The molecule has 0 aromatic heterocycles. The summed E-state index contributed by atoms with van der Waals surface area (Å²) in [5, 5.41) is 3.85. The van der Waals surface area contributed by atoms with Crippen LogP contribution in [0.15, 0.2) is 17.3 Å². The van der Waals surface area contributed by atoms with Crippen LogP contribution < -0.4 is 0 Å². The SMILES string of the molecule is CCC(CC=C[C@@H]1CC[C@@]2(C)C(C1)C(=O)C[C@@H]1[C@@H]2CC[C@]2(C)C(=O)CC[C@@H]12)N=[N+]=[N-]. The zero-order chi connectivity index (χ0) is 21.5. The maximum absolute atomic E-state index is 13.4. The van der Waals surface area contributed by atoms with E-state index < -0.39 is 0 Å². The number of hydrogen-bond donors (Lipinski definition) is 0. The first-order chi connectivity index (χ1) is 14.3. The standard InChI is InChI=1S/C25H37N3O2/c1-4-17(27-28-26)7-5-6-16-10-12-24(2)20-11-13-25(3)19(8-9-23(25)30)18(20)15-22(29)21(24)14-16/h5-6,16-21H,4,7-15H2,1-3H3/t16-,17?,18+,19+,20+,21?,24-,25+/m1/s1. The van der Waals surface area contributed by atoms with Crippen molar-refractivity contribution >= 4 is 11.6 Å². The Kier molecular flexibility index (Phi) is 5.87. The predicted molar refractivity (Wildman–Crippen MR) is 118 cm³/mol. The molecule has 5 heteroatoms. The highest BCUT2D eigenvalue weighted by Crippen LogP contribution is 2.65. The van der Waals surface area contributed by atoms with Crippen molar-refractivity contribution in [1.29, 1.82) is 0 Å². The zero-order valence-electron chi connectivity index (χ0n) is 18.8. The number of hydrogen-bond acceptors (Lipinski definition) is 3. The fourth-order valence-electron chi connectivity index (χ4n) is 7.81. The molecule has 30 heavy (non-hydrogen) atoms. The van der Waals surface area contributed by atoms with Crippen LogP contribution in [0.4, 0.5) is 0 Å². The summed E-state index contributed by atoms with van der Waals surface area (Å²) in [7, 11) is 0. The molecule has 164 valence electrons. The van der Waals surface area contributed by atoms with Crippen molar-refractivity contribution in [1.82, 2.24) is 0 Å². The van der Waals surface area contributed by atoms with Crippen LogP contribution in [0.5, 0.6) is 0 Å². The van der Waals surface area contributed by atoms with Gasteiger partial charge in [-0.3, -0.25) is 9.59 Å². The molecule has 0 radical (unpaired) electrons. The minimum atomic E-state index is -0.160. The second-order valence-corrected chi connectivity index (χ2v) is 11.0. The molecular weight excluding hydrogens is 374 g/mol. The van der Waals surface area contributed by atoms with Gasteiger partial charge in [-0.15, -0.1) is 0 Å². The average molecular weight is 412 g/mol. The Morgan fingerprint density at radius 1 is 1.20 bits per heavy atom. The monoisotopic (exact) mass is 411 g/mol. The summed E-state index contributed by atoms with van der Waals surface area (Å²) in [6, 6.07) is 0.0304. The van der Waals surface area contributed by atoms with Gasteiger partial charge in [0, 0.05) is 35.1 Å². The van der Waals surface area contributed by atoms with Crippen molar-refractivity contribution in [2.24, 2.45) is 45.5 Å². The van der Waals surface area contributed by atoms with E-state index in [0.29, 0.717) is 41.7 Å². The van der Waals surface area contributed by atoms with Crippen molar-refractivity contribution in [2.75, 3.05) is 0 Å². The Hall–Kier alpha value is -1.61. The minimum Gasteiger partial charge on any atom is -0.299 e. The number of allylic oxidation sites excluding steroid dienone is 1. The zero-order valence-corrected chi connectivity index (χ0v) is 18.8. The van der Waals surface area contributed by atoms with Crippen LogP contribution in [0.1, 0.15) is 85.0 Å². The lowest BCUT2D eigenvalue weighted by molar-refractivity contribution is -0.157. The molecule has 4 saturated carbocycles. The Labute approximate surface area is 180 Å². The van der Waals surface area contributed by atoms with Crippen molar-refractivity contribution in [3.8, 4) is 0 Å². The quantitative estimate of drug-likeness (QED) is 0.226. The Bertz CT molecular complexity index is 785. The largest absolute Gasteiger partial charge is 0.299 e. The van der Waals surface area contributed by atoms with Gasteiger partial charge in [-0.2, -0.15) is 0 Å². The molecule has 0 spiro atoms. The first kappa shape index (κ1) is 21.6. The van der Waals surface area contributed by atoms with Crippen LogP contribution in [0, 0.1) is 40.4 Å². The van der Waals surface area contributed by atoms with Gasteiger partial charge >= 0.3 is 0 Å². The third-order valence-corrected chi connectivity index (χ3v) is 9.71. The van der Waals surface area contributed by atoms with E-state index >= 15 is 0 Å². The fourth-order valence-corrected chi connectivity index (χ4v) is 7.81. The molecule has 4 fully saturated rings. The second-order valence-electron chi connectivity index (χ2n) is 11.0. The molecule has 4 aliphatic rings. The second kappa shape index (κ2) is 8.15. The molecule has 5 nitrogen and oxygen atoms in total. The third kappa shape index (κ3) is 3.43. The van der Waals surface area contributed by atoms with Gasteiger partial charge in [0.1, 0.15) is 11.6 Å². The van der Waals surface area contributed by atoms with E-state index in [0.717, 1.165) is 57.8 Å². The molecule has 0 bridgehead atoms. The highest BCUT2D eigenvalue weighted by Gasteiger charge is 2.62. The molecule has 2 unspecified atom stereocenters. The lowest BCUT2D eigenvalue weighted by Crippen LogP contribution is -2.56. The van der Waals surface area contributed by atoms with E-state index in [1.54, 1.807) is 0 Å². The number of Topliss-reactive ketones (excluding diaryl/α,β-unsaturated/α-hetero) is 2. The molecule has 0 saturated heterocycles. The van der Waals surface area contributed by atoms with Crippen molar-refractivity contribution < 1.29 is 9.59 Å². The molecule has 0 aromatic carbocycles. The highest BCUT2D eigenvalue weighted by molar-refractivity contribution is 5.88. The van der Waals surface area contributed by atoms with E-state index in [9.17, 15) is 9.59 Å². The van der Waals surface area contributed by atoms with Gasteiger partial charge < -0.3 is 0 Å². The van der Waals surface area contributed by atoms with Gasteiger partial charge in [0.2, 0.25) is 0 Å². The summed E-state index contributed by atoms with van der Waals surface area (Å²) in [6.45, 7) is 6.62. The number of ketones is 2. The third-order valence-electron chi connectivity index (χ3n) is 9.71. The van der Waals surface area contributed by atoms with Gasteiger partial charge in [-0.1, -0.05) is 38.0 Å². The number of fused-ring (bicyclic) bond motifs is 5. The first-order valence-electron chi connectivity index (χ1n) is 12.1. The van der Waals surface area contributed by atoms with Crippen molar-refractivity contribution in [2.45, 2.75) is 91.0 Å². The minimum absolute atomic E-state index is 0.0304. The maximum atomic E-state index is 13.4. The summed E-state index contributed by atoms with van der Waals surface area (Å²) in [5.41, 5.74) is 8.61. The van der Waals surface area contributed by atoms with Gasteiger partial charge in [0.05, 0.1) is 0 Å². The topological polar surface area (TPSA) is 82.9 Å². The number of carbonyl (C=O) groups excluding carboxylic acids is 2. The molecular formula is C25H37N3O2. The molecule has 0 aromatic rings. The lowest BCUT2D eigenvalue weighted by atomic mass is 9.44. The van der Waals surface area contributed by atoms with Crippen molar-refractivity contribution in [3.63, 3.8) is 0 Å². The summed E-state index contributed by atoms with van der Waals surface area (Å²) < 4.78 is 0. The number of carbonyl (C=O) groups is 2. The van der Waals surface area contributed by atoms with Gasteiger partial charge in [-0.25, -0.2) is 0 Å². The Morgan fingerprint density at radius 2 is 2.00 bits per heavy atom. The van der Waals surface area contributed by atoms with Gasteiger partial charge in [0.15, 0.2) is 0 Å². The van der Waals surface area contributed by atoms with Crippen molar-refractivity contribution in [3.05, 3.63) is 22.6 Å². The Balaban J connectivity index is 1.47. The molecule has 0 aliphatic heterocycles. The smallest absolute Gasteiger partial charge is 0.139 e. The number of rotatable bonds is 5. The number of azide groups is 1. The molecule has 8 atom stereocenters. The van der Waals surface area contributed by atoms with Gasteiger partial charge in [-0.05, 0) is 86.0 Å². The van der Waals surface area contributed by atoms with Gasteiger partial charge in [0.25, 0.3) is 0 Å². The van der Waals surface area contributed by atoms with Crippen LogP contribution in [0.3, 0.4) is 0 Å². The van der Waals surface area contributed by atoms with Crippen LogP contribution in [0.25, 0.3) is 10.4 Å². The molecule has 4 aliphatic carbocycles. The van der Waals surface area contributed by atoms with Crippen LogP contribution >= 0.6 is 0 Å². The summed E-state index contributed by atoms with van der Waals surface area (Å²) in [6.07, 6.45) is 13.9. The lowest BCUT2D eigenvalue weighted by Gasteiger charge is -2.59. The summed E-state index contributed by atoms with van der Waals surface area (Å²) >= 11 is 0. The van der Waals surface area contributed by atoms with Crippen LogP contribution in [0.2, 0.25) is 0 Å². The molecule has 0 heterocycles. The fraction of sp³-hybridized carbons (Fsp3) is 0.840. The van der Waals surface area contributed by atoms with E-state index in [2.05, 4.69) is 36.0 Å². The molecule has 0 N–H and O–H groups in total. The summed E-state index contributed by atoms with van der Waals surface area (Å²) in [4.78, 5) is 28.9. The van der Waals surface area contributed by atoms with E-state index in [1.165, 1.54) is 0 Å². The van der Waals surface area contributed by atoms with Crippen LogP contribution in [-0.4, -0.2) is 17.6 Å². The highest BCUT2D eigenvalue weighted by atomic mass is 16.1. The molecule has 4 rings (SSSR count). The summed E-state index contributed by atoms with van der Waals surface area (Å²) in [5.74, 6) is 2.98. The maximum Gasteiger partial charge on any atom is 0.139 e. The number of nitrogens with zero attached hydrogens (tertiary/aromatic N) is 3.